The Labute approximate surface area is 126 Å². The van der Waals surface area contributed by atoms with Crippen LogP contribution >= 0.6 is 0 Å². The van der Waals surface area contributed by atoms with Gasteiger partial charge in [0, 0.05) is 45.8 Å². The molecule has 21 heavy (non-hydrogen) atoms. The van der Waals surface area contributed by atoms with E-state index >= 15 is 0 Å². The molecule has 3 rings (SSSR count). The molecule has 0 spiro atoms. The van der Waals surface area contributed by atoms with Crippen LogP contribution in [0.4, 0.5) is 17.8 Å². The van der Waals surface area contributed by atoms with Gasteiger partial charge < -0.3 is 20.0 Å². The number of rotatable bonds is 4. The highest BCUT2D eigenvalue weighted by Gasteiger charge is 2.21. The Morgan fingerprint density at radius 3 is 2.00 bits per heavy atom. The molecule has 7 nitrogen and oxygen atoms in total. The number of hydrogen-bond acceptors (Lipinski definition) is 7. The summed E-state index contributed by atoms with van der Waals surface area (Å²) in [6, 6.07) is 0. The largest absolute Gasteiger partial charge is 0.354 e. The molecule has 0 bridgehead atoms. The first-order valence-corrected chi connectivity index (χ1v) is 7.94. The molecule has 116 valence electrons. The predicted octanol–water partition coefficient (Wildman–Crippen LogP) is 0.655. The van der Waals surface area contributed by atoms with Crippen LogP contribution in [0.1, 0.15) is 19.8 Å². The maximum absolute atomic E-state index is 4.72. The first kappa shape index (κ1) is 14.3. The van der Waals surface area contributed by atoms with Crippen LogP contribution in [-0.4, -0.2) is 72.7 Å². The fourth-order valence-corrected chi connectivity index (χ4v) is 2.80. The smallest absolute Gasteiger partial charge is 0.232 e. The van der Waals surface area contributed by atoms with Crippen molar-refractivity contribution in [2.75, 3.05) is 68.0 Å². The summed E-state index contributed by atoms with van der Waals surface area (Å²) in [4.78, 5) is 20.7. The van der Waals surface area contributed by atoms with E-state index in [0.717, 1.165) is 57.7 Å². The van der Waals surface area contributed by atoms with Crippen LogP contribution in [0, 0.1) is 0 Å². The lowest BCUT2D eigenvalue weighted by Gasteiger charge is -2.32. The van der Waals surface area contributed by atoms with Crippen LogP contribution in [0.5, 0.6) is 0 Å². The monoisotopic (exact) mass is 291 g/mol. The van der Waals surface area contributed by atoms with Crippen LogP contribution in [-0.2, 0) is 0 Å². The third kappa shape index (κ3) is 3.34. The van der Waals surface area contributed by atoms with Crippen LogP contribution < -0.4 is 15.1 Å². The van der Waals surface area contributed by atoms with Crippen molar-refractivity contribution >= 4 is 17.8 Å². The van der Waals surface area contributed by atoms with Crippen LogP contribution in [0.3, 0.4) is 0 Å². The van der Waals surface area contributed by atoms with Crippen molar-refractivity contribution in [3.05, 3.63) is 0 Å². The Morgan fingerprint density at radius 1 is 0.857 bits per heavy atom. The lowest BCUT2D eigenvalue weighted by atomic mass is 10.3. The second-order valence-corrected chi connectivity index (χ2v) is 5.77. The molecular formula is C14H25N7. The average Bonchev–Trinajstić information content (AvgIpc) is 3.02. The van der Waals surface area contributed by atoms with Crippen molar-refractivity contribution in [2.45, 2.75) is 19.8 Å². The molecule has 0 saturated carbocycles. The normalized spacial score (nSPS) is 20.1. The lowest BCUT2D eigenvalue weighted by molar-refractivity contribution is 0.311. The summed E-state index contributed by atoms with van der Waals surface area (Å²) in [5.74, 6) is 2.34. The molecule has 1 aromatic heterocycles. The summed E-state index contributed by atoms with van der Waals surface area (Å²) in [5, 5.41) is 3.23. The van der Waals surface area contributed by atoms with E-state index < -0.39 is 0 Å². The SMILES string of the molecule is CCNc1nc(N2CCCC2)nc(N2CCN(C)CC2)n1. The Hall–Kier alpha value is -1.63. The number of piperazine rings is 1. The molecule has 0 aliphatic carbocycles. The Morgan fingerprint density at radius 2 is 1.43 bits per heavy atom. The second kappa shape index (κ2) is 6.43. The Bertz CT molecular complexity index is 464. The average molecular weight is 291 g/mol. The van der Waals surface area contributed by atoms with Gasteiger partial charge in [-0.25, -0.2) is 0 Å². The second-order valence-electron chi connectivity index (χ2n) is 5.77. The third-order valence-electron chi connectivity index (χ3n) is 4.12. The van der Waals surface area contributed by atoms with E-state index in [0.29, 0.717) is 5.95 Å². The van der Waals surface area contributed by atoms with E-state index in [1.54, 1.807) is 0 Å². The lowest BCUT2D eigenvalue weighted by Crippen LogP contribution is -2.45. The highest BCUT2D eigenvalue weighted by Crippen LogP contribution is 2.21. The molecule has 1 aromatic rings. The van der Waals surface area contributed by atoms with Gasteiger partial charge in [-0.3, -0.25) is 0 Å². The molecule has 0 unspecified atom stereocenters. The molecule has 1 N–H and O–H groups in total. The molecule has 0 aromatic carbocycles. The first-order chi connectivity index (χ1) is 10.3. The minimum atomic E-state index is 0.698. The van der Waals surface area contributed by atoms with Crippen molar-refractivity contribution in [3.63, 3.8) is 0 Å². The number of likely N-dealkylation sites (N-methyl/N-ethyl adjacent to an activating group) is 1. The van der Waals surface area contributed by atoms with Crippen molar-refractivity contribution < 1.29 is 0 Å². The number of hydrogen-bond donors (Lipinski definition) is 1. The third-order valence-corrected chi connectivity index (χ3v) is 4.12. The molecule has 2 saturated heterocycles. The summed E-state index contributed by atoms with van der Waals surface area (Å²) in [7, 11) is 2.16. The Kier molecular flexibility index (Phi) is 4.38. The molecular weight excluding hydrogens is 266 g/mol. The van der Waals surface area contributed by atoms with E-state index in [4.69, 9.17) is 4.98 Å². The minimum absolute atomic E-state index is 0.698. The fourth-order valence-electron chi connectivity index (χ4n) is 2.80. The quantitative estimate of drug-likeness (QED) is 0.874. The van der Waals surface area contributed by atoms with E-state index in [2.05, 4.69) is 44.0 Å². The van der Waals surface area contributed by atoms with E-state index in [1.165, 1.54) is 12.8 Å². The maximum atomic E-state index is 4.72. The molecule has 7 heteroatoms. The van der Waals surface area contributed by atoms with Gasteiger partial charge in [-0.05, 0) is 26.8 Å². The summed E-state index contributed by atoms with van der Waals surface area (Å²) in [5.41, 5.74) is 0. The number of nitrogens with one attached hydrogen (secondary N) is 1. The predicted molar refractivity (Wildman–Crippen MR) is 85.1 cm³/mol. The van der Waals surface area contributed by atoms with Gasteiger partial charge in [-0.1, -0.05) is 0 Å². The number of anilines is 3. The topological polar surface area (TPSA) is 60.4 Å². The van der Waals surface area contributed by atoms with E-state index in [-0.39, 0.29) is 0 Å². The molecule has 0 radical (unpaired) electrons. The molecule has 0 amide bonds. The van der Waals surface area contributed by atoms with Gasteiger partial charge in [-0.2, -0.15) is 15.0 Å². The van der Waals surface area contributed by atoms with Gasteiger partial charge in [-0.15, -0.1) is 0 Å². The molecule has 2 aliphatic heterocycles. The summed E-state index contributed by atoms with van der Waals surface area (Å²) in [6.45, 7) is 9.07. The molecule has 0 atom stereocenters. The van der Waals surface area contributed by atoms with Crippen molar-refractivity contribution in [1.82, 2.24) is 19.9 Å². The number of aromatic nitrogens is 3. The van der Waals surface area contributed by atoms with E-state index in [1.807, 2.05) is 0 Å². The van der Waals surface area contributed by atoms with Gasteiger partial charge in [0.2, 0.25) is 17.8 Å². The zero-order valence-electron chi connectivity index (χ0n) is 13.0. The highest BCUT2D eigenvalue weighted by molar-refractivity contribution is 5.46. The highest BCUT2D eigenvalue weighted by atomic mass is 15.4. The standard InChI is InChI=1S/C14H25N7/c1-3-15-12-16-13(20-6-4-5-7-20)18-14(17-12)21-10-8-19(2)9-11-21/h3-11H2,1-2H3,(H,15,16,17,18). The molecule has 2 fully saturated rings. The fraction of sp³-hybridized carbons (Fsp3) is 0.786. The summed E-state index contributed by atoms with van der Waals surface area (Å²) in [6.07, 6.45) is 2.46. The van der Waals surface area contributed by atoms with Gasteiger partial charge in [0.15, 0.2) is 0 Å². The van der Waals surface area contributed by atoms with Crippen molar-refractivity contribution in [1.29, 1.82) is 0 Å². The Balaban J connectivity index is 1.83. The van der Waals surface area contributed by atoms with Gasteiger partial charge in [0.25, 0.3) is 0 Å². The summed E-state index contributed by atoms with van der Waals surface area (Å²) >= 11 is 0. The van der Waals surface area contributed by atoms with Crippen molar-refractivity contribution in [2.24, 2.45) is 0 Å². The van der Waals surface area contributed by atoms with Crippen molar-refractivity contribution in [3.8, 4) is 0 Å². The number of nitrogens with zero attached hydrogens (tertiary/aromatic N) is 6. The minimum Gasteiger partial charge on any atom is -0.354 e. The van der Waals surface area contributed by atoms with Crippen LogP contribution in [0.25, 0.3) is 0 Å². The van der Waals surface area contributed by atoms with Gasteiger partial charge in [0.05, 0.1) is 0 Å². The van der Waals surface area contributed by atoms with Gasteiger partial charge >= 0.3 is 0 Å². The van der Waals surface area contributed by atoms with Crippen LogP contribution in [0.2, 0.25) is 0 Å². The zero-order chi connectivity index (χ0) is 14.7. The molecule has 2 aliphatic rings. The van der Waals surface area contributed by atoms with Gasteiger partial charge in [0.1, 0.15) is 0 Å². The zero-order valence-corrected chi connectivity index (χ0v) is 13.0. The molecule has 3 heterocycles. The maximum Gasteiger partial charge on any atom is 0.232 e. The first-order valence-electron chi connectivity index (χ1n) is 7.94. The van der Waals surface area contributed by atoms with Crippen LogP contribution in [0.15, 0.2) is 0 Å². The summed E-state index contributed by atoms with van der Waals surface area (Å²) < 4.78 is 0. The van der Waals surface area contributed by atoms with E-state index in [9.17, 15) is 0 Å².